The van der Waals surface area contributed by atoms with E-state index in [-0.39, 0.29) is 6.03 Å². The highest BCUT2D eigenvalue weighted by Gasteiger charge is 2.24. The summed E-state index contributed by atoms with van der Waals surface area (Å²) in [6, 6.07) is 12.3. The number of fused-ring (bicyclic) bond motifs is 1. The SMILES string of the molecule is CN(C(=O)N1CCOCC1)c1cc2c(cc1NC(=O)Nc1ccccc1)ncn2C. The Balaban J connectivity index is 1.63. The van der Waals surface area contributed by atoms with Crippen molar-refractivity contribution in [3.63, 3.8) is 0 Å². The van der Waals surface area contributed by atoms with Crippen molar-refractivity contribution in [2.24, 2.45) is 7.05 Å². The summed E-state index contributed by atoms with van der Waals surface area (Å²) in [7, 11) is 3.59. The number of rotatable bonds is 3. The van der Waals surface area contributed by atoms with E-state index >= 15 is 0 Å². The van der Waals surface area contributed by atoms with Gasteiger partial charge < -0.3 is 24.8 Å². The normalized spacial score (nSPS) is 13.9. The van der Waals surface area contributed by atoms with Gasteiger partial charge in [-0.05, 0) is 24.3 Å². The molecule has 0 aliphatic carbocycles. The van der Waals surface area contributed by atoms with Gasteiger partial charge in [0.1, 0.15) is 0 Å². The van der Waals surface area contributed by atoms with Gasteiger partial charge in [-0.3, -0.25) is 4.90 Å². The van der Waals surface area contributed by atoms with Crippen molar-refractivity contribution >= 4 is 40.2 Å². The number of aryl methyl sites for hydroxylation is 1. The van der Waals surface area contributed by atoms with E-state index in [2.05, 4.69) is 15.6 Å². The van der Waals surface area contributed by atoms with Crippen LogP contribution in [-0.4, -0.2) is 59.9 Å². The second-order valence-corrected chi connectivity index (χ2v) is 7.10. The molecule has 1 aliphatic rings. The molecule has 2 N–H and O–H groups in total. The highest BCUT2D eigenvalue weighted by Crippen LogP contribution is 2.31. The van der Waals surface area contributed by atoms with Crippen LogP contribution in [0.5, 0.6) is 0 Å². The average molecular weight is 408 g/mol. The fraction of sp³-hybridized carbons (Fsp3) is 0.286. The van der Waals surface area contributed by atoms with Gasteiger partial charge in [0.15, 0.2) is 0 Å². The summed E-state index contributed by atoms with van der Waals surface area (Å²) in [6.45, 7) is 2.11. The lowest BCUT2D eigenvalue weighted by Gasteiger charge is -2.31. The molecule has 4 amide bonds. The number of carbonyl (C=O) groups excluding carboxylic acids is 2. The second kappa shape index (κ2) is 8.42. The highest BCUT2D eigenvalue weighted by atomic mass is 16.5. The van der Waals surface area contributed by atoms with Crippen LogP contribution in [0, 0.1) is 0 Å². The molecule has 1 fully saturated rings. The van der Waals surface area contributed by atoms with E-state index in [0.717, 1.165) is 11.0 Å². The molecular formula is C21H24N6O3. The average Bonchev–Trinajstić information content (AvgIpc) is 3.13. The summed E-state index contributed by atoms with van der Waals surface area (Å²) < 4.78 is 7.22. The number of anilines is 3. The van der Waals surface area contributed by atoms with Crippen molar-refractivity contribution in [2.75, 3.05) is 48.9 Å². The predicted molar refractivity (Wildman–Crippen MR) is 116 cm³/mol. The molecule has 1 aliphatic heterocycles. The maximum atomic E-state index is 13.0. The molecular weight excluding hydrogens is 384 g/mol. The molecule has 0 spiro atoms. The van der Waals surface area contributed by atoms with Gasteiger partial charge in [0.25, 0.3) is 0 Å². The number of nitrogens with one attached hydrogen (secondary N) is 2. The number of carbonyl (C=O) groups is 2. The van der Waals surface area contributed by atoms with E-state index in [1.807, 2.05) is 35.9 Å². The van der Waals surface area contributed by atoms with Gasteiger partial charge in [0.2, 0.25) is 0 Å². The van der Waals surface area contributed by atoms with E-state index in [9.17, 15) is 9.59 Å². The third-order valence-electron chi connectivity index (χ3n) is 5.05. The summed E-state index contributed by atoms with van der Waals surface area (Å²) >= 11 is 0. The van der Waals surface area contributed by atoms with Crippen LogP contribution in [0.1, 0.15) is 0 Å². The number of urea groups is 2. The van der Waals surface area contributed by atoms with Crippen molar-refractivity contribution in [2.45, 2.75) is 0 Å². The Bertz CT molecular complexity index is 1060. The number of ether oxygens (including phenoxy) is 1. The highest BCUT2D eigenvalue weighted by molar-refractivity contribution is 6.06. The van der Waals surface area contributed by atoms with E-state index in [1.165, 1.54) is 0 Å². The number of amides is 4. The van der Waals surface area contributed by atoms with Gasteiger partial charge >= 0.3 is 12.1 Å². The Labute approximate surface area is 174 Å². The molecule has 30 heavy (non-hydrogen) atoms. The minimum absolute atomic E-state index is 0.147. The van der Waals surface area contributed by atoms with Crippen molar-refractivity contribution in [1.82, 2.24) is 14.5 Å². The Morgan fingerprint density at radius 1 is 1.10 bits per heavy atom. The van der Waals surface area contributed by atoms with Crippen molar-refractivity contribution in [1.29, 1.82) is 0 Å². The first-order valence-electron chi connectivity index (χ1n) is 9.71. The molecule has 2 heterocycles. The Kier molecular flexibility index (Phi) is 5.53. The van der Waals surface area contributed by atoms with Gasteiger partial charge in [-0.2, -0.15) is 0 Å². The molecule has 1 saturated heterocycles. The first kappa shape index (κ1) is 19.7. The van der Waals surface area contributed by atoms with E-state index < -0.39 is 6.03 Å². The number of nitrogens with zero attached hydrogens (tertiary/aromatic N) is 4. The summed E-state index contributed by atoms with van der Waals surface area (Å²) in [5.41, 5.74) is 3.35. The molecule has 3 aromatic rings. The van der Waals surface area contributed by atoms with Crippen molar-refractivity contribution in [3.8, 4) is 0 Å². The topological polar surface area (TPSA) is 91.7 Å². The zero-order chi connectivity index (χ0) is 21.1. The molecule has 0 atom stereocenters. The molecule has 156 valence electrons. The summed E-state index contributed by atoms with van der Waals surface area (Å²) in [4.78, 5) is 33.3. The van der Waals surface area contributed by atoms with Crippen LogP contribution in [-0.2, 0) is 11.8 Å². The molecule has 4 rings (SSSR count). The number of para-hydroxylation sites is 1. The monoisotopic (exact) mass is 408 g/mol. The molecule has 9 nitrogen and oxygen atoms in total. The van der Waals surface area contributed by atoms with Crippen LogP contribution >= 0.6 is 0 Å². The van der Waals surface area contributed by atoms with Crippen LogP contribution in [0.25, 0.3) is 11.0 Å². The summed E-state index contributed by atoms with van der Waals surface area (Å²) in [5.74, 6) is 0. The zero-order valence-corrected chi connectivity index (χ0v) is 17.0. The number of imidazole rings is 1. The summed E-state index contributed by atoms with van der Waals surface area (Å²) in [5, 5.41) is 5.66. The lowest BCUT2D eigenvalue weighted by molar-refractivity contribution is 0.0551. The Morgan fingerprint density at radius 2 is 1.83 bits per heavy atom. The van der Waals surface area contributed by atoms with Gasteiger partial charge in [-0.1, -0.05) is 18.2 Å². The summed E-state index contributed by atoms with van der Waals surface area (Å²) in [6.07, 6.45) is 1.70. The van der Waals surface area contributed by atoms with E-state index in [1.54, 1.807) is 41.4 Å². The standard InChI is InChI=1S/C21H24N6O3/c1-25-14-22-16-12-17(24-20(28)23-15-6-4-3-5-7-15)19(13-18(16)25)26(2)21(29)27-8-10-30-11-9-27/h3-7,12-14H,8-11H2,1-2H3,(H2,23,24,28). The van der Waals surface area contributed by atoms with Crippen LogP contribution in [0.2, 0.25) is 0 Å². The molecule has 0 radical (unpaired) electrons. The molecule has 0 saturated carbocycles. The van der Waals surface area contributed by atoms with Gasteiger partial charge in [0.05, 0.1) is 41.9 Å². The van der Waals surface area contributed by atoms with Crippen molar-refractivity contribution in [3.05, 3.63) is 48.8 Å². The first-order valence-corrected chi connectivity index (χ1v) is 9.71. The number of benzene rings is 2. The second-order valence-electron chi connectivity index (χ2n) is 7.10. The quantitative estimate of drug-likeness (QED) is 0.697. The van der Waals surface area contributed by atoms with E-state index in [4.69, 9.17) is 4.74 Å². The molecule has 2 aromatic carbocycles. The number of morpholine rings is 1. The Morgan fingerprint density at radius 3 is 2.57 bits per heavy atom. The van der Waals surface area contributed by atoms with Crippen LogP contribution in [0.15, 0.2) is 48.8 Å². The first-order chi connectivity index (χ1) is 14.5. The fourth-order valence-electron chi connectivity index (χ4n) is 3.42. The van der Waals surface area contributed by atoms with Crippen LogP contribution in [0.4, 0.5) is 26.7 Å². The third kappa shape index (κ3) is 4.06. The van der Waals surface area contributed by atoms with Crippen LogP contribution in [0.3, 0.4) is 0 Å². The van der Waals surface area contributed by atoms with E-state index in [0.29, 0.717) is 43.4 Å². The third-order valence-corrected chi connectivity index (χ3v) is 5.05. The lowest BCUT2D eigenvalue weighted by Crippen LogP contribution is -2.47. The molecule has 0 bridgehead atoms. The molecule has 1 aromatic heterocycles. The fourth-order valence-corrected chi connectivity index (χ4v) is 3.42. The smallest absolute Gasteiger partial charge is 0.324 e. The van der Waals surface area contributed by atoms with Gasteiger partial charge in [0, 0.05) is 32.9 Å². The molecule has 0 unspecified atom stereocenters. The minimum atomic E-state index is -0.398. The maximum Gasteiger partial charge on any atom is 0.324 e. The Hall–Kier alpha value is -3.59. The predicted octanol–water partition coefficient (Wildman–Crippen LogP) is 3.11. The number of hydrogen-bond acceptors (Lipinski definition) is 4. The van der Waals surface area contributed by atoms with Gasteiger partial charge in [-0.15, -0.1) is 0 Å². The largest absolute Gasteiger partial charge is 0.378 e. The minimum Gasteiger partial charge on any atom is -0.378 e. The number of hydrogen-bond donors (Lipinski definition) is 2. The lowest BCUT2D eigenvalue weighted by atomic mass is 10.2. The maximum absolute atomic E-state index is 13.0. The zero-order valence-electron chi connectivity index (χ0n) is 17.0. The van der Waals surface area contributed by atoms with Gasteiger partial charge in [-0.25, -0.2) is 14.6 Å². The van der Waals surface area contributed by atoms with Crippen molar-refractivity contribution < 1.29 is 14.3 Å². The number of aromatic nitrogens is 2. The van der Waals surface area contributed by atoms with Crippen LogP contribution < -0.4 is 15.5 Å². The molecule has 9 heteroatoms.